The molecule has 4 nitrogen and oxygen atoms in total. The normalized spacial score (nSPS) is 21.2. The molecule has 1 aliphatic heterocycles. The third-order valence-corrected chi connectivity index (χ3v) is 2.75. The van der Waals surface area contributed by atoms with Gasteiger partial charge in [-0.2, -0.15) is 13.2 Å². The van der Waals surface area contributed by atoms with Crippen LogP contribution in [0.25, 0.3) is 0 Å². The lowest BCUT2D eigenvalue weighted by Gasteiger charge is -2.30. The van der Waals surface area contributed by atoms with Gasteiger partial charge in [-0.1, -0.05) is 6.92 Å². The number of piperidine rings is 1. The predicted octanol–water partition coefficient (Wildman–Crippen LogP) is 1.39. The lowest BCUT2D eigenvalue weighted by Crippen LogP contribution is -2.43. The van der Waals surface area contributed by atoms with E-state index in [4.69, 9.17) is 0 Å². The van der Waals surface area contributed by atoms with E-state index in [1.54, 1.807) is 6.92 Å². The smallest absolute Gasteiger partial charge is 0.372 e. The molecule has 1 rings (SSSR count). The number of likely N-dealkylation sites (tertiary alicyclic amines) is 1. The quantitative estimate of drug-likeness (QED) is 0.723. The molecule has 1 amide bonds. The van der Waals surface area contributed by atoms with Crippen molar-refractivity contribution in [2.45, 2.75) is 25.9 Å². The number of nitrogens with zero attached hydrogens (tertiary/aromatic N) is 1. The van der Waals surface area contributed by atoms with Crippen LogP contribution in [0.2, 0.25) is 0 Å². The number of hydrogen-bond donors (Lipinski definition) is 0. The van der Waals surface area contributed by atoms with Crippen LogP contribution in [0.3, 0.4) is 0 Å². The Bertz CT molecular complexity index is 317. The number of carbonyl (C=O) groups is 2. The van der Waals surface area contributed by atoms with E-state index in [2.05, 4.69) is 4.74 Å². The summed E-state index contributed by atoms with van der Waals surface area (Å²) < 4.78 is 39.7. The highest BCUT2D eigenvalue weighted by atomic mass is 19.4. The number of rotatable bonds is 4. The van der Waals surface area contributed by atoms with Crippen molar-refractivity contribution in [3.63, 3.8) is 0 Å². The molecule has 1 aliphatic rings. The Morgan fingerprint density at radius 3 is 2.72 bits per heavy atom. The predicted molar refractivity (Wildman–Crippen MR) is 56.9 cm³/mol. The molecule has 0 saturated carbocycles. The summed E-state index contributed by atoms with van der Waals surface area (Å²) >= 11 is 0. The van der Waals surface area contributed by atoms with E-state index in [1.807, 2.05) is 0 Å². The largest absolute Gasteiger partial charge is 0.411 e. The van der Waals surface area contributed by atoms with Gasteiger partial charge in [0.1, 0.15) is 12.4 Å². The molecule has 0 N–H and O–H groups in total. The highest BCUT2D eigenvalue weighted by molar-refractivity contribution is 5.85. The standard InChI is InChI=1S/C11H16F3NO3/c1-8-6-15(4-2-9(8)16)10(17)3-5-18-7-11(12,13)14/h8H,2-7H2,1H3. The van der Waals surface area contributed by atoms with E-state index in [0.29, 0.717) is 19.5 Å². The highest BCUT2D eigenvalue weighted by Gasteiger charge is 2.28. The zero-order valence-corrected chi connectivity index (χ0v) is 10.1. The first-order chi connectivity index (χ1) is 8.29. The van der Waals surface area contributed by atoms with Gasteiger partial charge in [0.25, 0.3) is 0 Å². The third-order valence-electron chi connectivity index (χ3n) is 2.75. The van der Waals surface area contributed by atoms with Crippen molar-refractivity contribution in [2.75, 3.05) is 26.3 Å². The number of ketones is 1. The van der Waals surface area contributed by atoms with Gasteiger partial charge >= 0.3 is 6.18 Å². The average Bonchev–Trinajstić information content (AvgIpc) is 2.26. The molecule has 1 atom stereocenters. The van der Waals surface area contributed by atoms with Crippen molar-refractivity contribution in [3.05, 3.63) is 0 Å². The van der Waals surface area contributed by atoms with Crippen LogP contribution in [0.4, 0.5) is 13.2 Å². The third kappa shape index (κ3) is 5.03. The molecule has 18 heavy (non-hydrogen) atoms. The fourth-order valence-electron chi connectivity index (χ4n) is 1.75. The van der Waals surface area contributed by atoms with E-state index >= 15 is 0 Å². The summed E-state index contributed by atoms with van der Waals surface area (Å²) in [7, 11) is 0. The summed E-state index contributed by atoms with van der Waals surface area (Å²) in [5.41, 5.74) is 0. The second-order valence-electron chi connectivity index (χ2n) is 4.37. The van der Waals surface area contributed by atoms with Crippen LogP contribution in [0.1, 0.15) is 19.8 Å². The average molecular weight is 267 g/mol. The molecule has 0 aromatic heterocycles. The maximum absolute atomic E-state index is 11.8. The van der Waals surface area contributed by atoms with Gasteiger partial charge in [0, 0.05) is 25.4 Å². The minimum absolute atomic E-state index is 0.0863. The van der Waals surface area contributed by atoms with E-state index < -0.39 is 12.8 Å². The Kier molecular flexibility index (Phi) is 5.13. The molecule has 0 bridgehead atoms. The topological polar surface area (TPSA) is 46.6 Å². The fraction of sp³-hybridized carbons (Fsp3) is 0.818. The zero-order valence-electron chi connectivity index (χ0n) is 10.1. The Labute approximate surface area is 103 Å². The number of halogens is 3. The van der Waals surface area contributed by atoms with E-state index in [1.165, 1.54) is 4.90 Å². The van der Waals surface area contributed by atoms with Crippen molar-refractivity contribution < 1.29 is 27.5 Å². The summed E-state index contributed by atoms with van der Waals surface area (Å²) in [6, 6.07) is 0. The second-order valence-corrected chi connectivity index (χ2v) is 4.37. The summed E-state index contributed by atoms with van der Waals surface area (Å²) in [6.07, 6.45) is -4.14. The minimum Gasteiger partial charge on any atom is -0.372 e. The van der Waals surface area contributed by atoms with Crippen molar-refractivity contribution in [3.8, 4) is 0 Å². The molecule has 1 fully saturated rings. The molecule has 104 valence electrons. The van der Waals surface area contributed by atoms with E-state index in [-0.39, 0.29) is 30.6 Å². The van der Waals surface area contributed by atoms with Gasteiger partial charge in [-0.25, -0.2) is 0 Å². The first kappa shape index (κ1) is 14.9. The molecule has 0 aromatic rings. The summed E-state index contributed by atoms with van der Waals surface area (Å²) in [5.74, 6) is -0.345. The highest BCUT2D eigenvalue weighted by Crippen LogP contribution is 2.15. The second kappa shape index (κ2) is 6.17. The van der Waals surface area contributed by atoms with Crippen LogP contribution in [-0.4, -0.2) is 49.1 Å². The number of Topliss-reactive ketones (excluding diaryl/α,β-unsaturated/α-hetero) is 1. The molecular formula is C11H16F3NO3. The monoisotopic (exact) mass is 267 g/mol. The first-order valence-electron chi connectivity index (χ1n) is 5.74. The molecule has 0 aliphatic carbocycles. The van der Waals surface area contributed by atoms with Crippen molar-refractivity contribution >= 4 is 11.7 Å². The summed E-state index contributed by atoms with van der Waals surface area (Å²) in [4.78, 5) is 24.4. The van der Waals surface area contributed by atoms with Crippen LogP contribution in [0, 0.1) is 5.92 Å². The number of amides is 1. The Morgan fingerprint density at radius 1 is 1.50 bits per heavy atom. The van der Waals surface area contributed by atoms with Crippen LogP contribution >= 0.6 is 0 Å². The van der Waals surface area contributed by atoms with Gasteiger partial charge in [0.05, 0.1) is 13.0 Å². The van der Waals surface area contributed by atoms with Gasteiger partial charge in [-0.15, -0.1) is 0 Å². The van der Waals surface area contributed by atoms with E-state index in [0.717, 1.165) is 0 Å². The molecule has 1 unspecified atom stereocenters. The summed E-state index contributed by atoms with van der Waals surface area (Å²) in [6.45, 7) is 0.840. The Morgan fingerprint density at radius 2 is 2.17 bits per heavy atom. The Balaban J connectivity index is 2.23. The molecule has 7 heteroatoms. The van der Waals surface area contributed by atoms with Gasteiger partial charge in [0.2, 0.25) is 5.91 Å². The lowest BCUT2D eigenvalue weighted by molar-refractivity contribution is -0.175. The van der Waals surface area contributed by atoms with Gasteiger partial charge in [0.15, 0.2) is 0 Å². The van der Waals surface area contributed by atoms with Crippen molar-refractivity contribution in [1.82, 2.24) is 4.90 Å². The summed E-state index contributed by atoms with van der Waals surface area (Å²) in [5, 5.41) is 0. The van der Waals surface area contributed by atoms with Crippen LogP contribution in [-0.2, 0) is 14.3 Å². The van der Waals surface area contributed by atoms with Gasteiger partial charge in [-0.05, 0) is 0 Å². The lowest BCUT2D eigenvalue weighted by atomic mass is 9.98. The van der Waals surface area contributed by atoms with Gasteiger partial charge < -0.3 is 9.64 Å². The first-order valence-corrected chi connectivity index (χ1v) is 5.74. The molecule has 0 radical (unpaired) electrons. The maximum Gasteiger partial charge on any atom is 0.411 e. The SMILES string of the molecule is CC1CN(C(=O)CCOCC(F)(F)F)CCC1=O. The maximum atomic E-state index is 11.8. The minimum atomic E-state index is -4.37. The van der Waals surface area contributed by atoms with Crippen molar-refractivity contribution in [2.24, 2.45) is 5.92 Å². The zero-order chi connectivity index (χ0) is 13.8. The molecule has 1 saturated heterocycles. The van der Waals surface area contributed by atoms with Crippen molar-refractivity contribution in [1.29, 1.82) is 0 Å². The van der Waals surface area contributed by atoms with Crippen LogP contribution in [0.5, 0.6) is 0 Å². The van der Waals surface area contributed by atoms with Crippen LogP contribution < -0.4 is 0 Å². The Hall–Kier alpha value is -1.11. The molecule has 0 aromatic carbocycles. The molecule has 0 spiro atoms. The number of carbonyl (C=O) groups excluding carboxylic acids is 2. The molecule has 1 heterocycles. The van der Waals surface area contributed by atoms with E-state index in [9.17, 15) is 22.8 Å². The van der Waals surface area contributed by atoms with Crippen LogP contribution in [0.15, 0.2) is 0 Å². The molecular weight excluding hydrogens is 251 g/mol. The number of hydrogen-bond acceptors (Lipinski definition) is 3. The fourth-order valence-corrected chi connectivity index (χ4v) is 1.75. The number of alkyl halides is 3. The van der Waals surface area contributed by atoms with Gasteiger partial charge in [-0.3, -0.25) is 9.59 Å². The number of ether oxygens (including phenoxy) is 1.